The molecule has 3 rings (SSSR count). The van der Waals surface area contributed by atoms with Gasteiger partial charge in [0.05, 0.1) is 20.3 Å². The SMILES string of the molecule is COc1cc(/C=C(/C#N)C(=O)Nc2nc(S(C)(=O)=O)ns2)ccc1OCCCOc1cc(C)ccc1C. The summed E-state index contributed by atoms with van der Waals surface area (Å²) in [4.78, 5) is 16.2. The van der Waals surface area contributed by atoms with Gasteiger partial charge in [0.15, 0.2) is 11.5 Å². The molecule has 3 aromatic rings. The molecule has 1 amide bonds. The Labute approximate surface area is 219 Å². The number of hydrogen-bond acceptors (Lipinski definition) is 10. The molecule has 0 aliphatic heterocycles. The van der Waals surface area contributed by atoms with Crippen molar-refractivity contribution in [1.29, 1.82) is 5.26 Å². The maximum absolute atomic E-state index is 12.5. The van der Waals surface area contributed by atoms with Crippen molar-refractivity contribution in [3.05, 3.63) is 58.7 Å². The first-order valence-electron chi connectivity index (χ1n) is 11.1. The average Bonchev–Trinajstić information content (AvgIpc) is 3.34. The second-order valence-electron chi connectivity index (χ2n) is 8.01. The lowest BCUT2D eigenvalue weighted by molar-refractivity contribution is -0.112. The van der Waals surface area contributed by atoms with Crippen LogP contribution in [0.15, 0.2) is 47.1 Å². The molecule has 194 valence electrons. The Balaban J connectivity index is 1.60. The zero-order chi connectivity index (χ0) is 27.0. The van der Waals surface area contributed by atoms with Crippen molar-refractivity contribution < 1.29 is 27.4 Å². The number of nitrogens with zero attached hydrogens (tertiary/aromatic N) is 3. The number of rotatable bonds is 11. The van der Waals surface area contributed by atoms with Crippen LogP contribution >= 0.6 is 11.5 Å². The number of carbonyl (C=O) groups excluding carboxylic acids is 1. The van der Waals surface area contributed by atoms with Crippen LogP contribution in [0.4, 0.5) is 5.13 Å². The van der Waals surface area contributed by atoms with E-state index in [2.05, 4.69) is 14.7 Å². The quantitative estimate of drug-likeness (QED) is 0.216. The summed E-state index contributed by atoms with van der Waals surface area (Å²) in [6, 6.07) is 12.9. The van der Waals surface area contributed by atoms with Crippen LogP contribution in [-0.4, -0.2) is 50.3 Å². The number of nitriles is 1. The number of nitrogens with one attached hydrogen (secondary N) is 1. The number of methoxy groups -OCH3 is 1. The highest BCUT2D eigenvalue weighted by atomic mass is 32.2. The Bertz CT molecular complexity index is 1460. The fourth-order valence-electron chi connectivity index (χ4n) is 3.07. The maximum Gasteiger partial charge on any atom is 0.268 e. The highest BCUT2D eigenvalue weighted by Gasteiger charge is 2.17. The third-order valence-corrected chi connectivity index (χ3v) is 6.56. The molecule has 0 aliphatic carbocycles. The molecular formula is C25H26N4O6S2. The average molecular weight is 543 g/mol. The van der Waals surface area contributed by atoms with Gasteiger partial charge < -0.3 is 14.2 Å². The highest BCUT2D eigenvalue weighted by Crippen LogP contribution is 2.29. The third-order valence-electron chi connectivity index (χ3n) is 4.97. The lowest BCUT2D eigenvalue weighted by Gasteiger charge is -2.13. The number of anilines is 1. The second kappa shape index (κ2) is 12.3. The number of benzene rings is 2. The molecule has 1 aromatic heterocycles. The highest BCUT2D eigenvalue weighted by molar-refractivity contribution is 7.90. The minimum atomic E-state index is -3.61. The van der Waals surface area contributed by atoms with Crippen molar-refractivity contribution in [3.8, 4) is 23.3 Å². The van der Waals surface area contributed by atoms with E-state index in [4.69, 9.17) is 14.2 Å². The van der Waals surface area contributed by atoms with Crippen molar-refractivity contribution >= 4 is 38.5 Å². The summed E-state index contributed by atoms with van der Waals surface area (Å²) in [5.74, 6) is 1.05. The van der Waals surface area contributed by atoms with Gasteiger partial charge in [-0.15, -0.1) is 0 Å². The lowest BCUT2D eigenvalue weighted by Crippen LogP contribution is -2.13. The molecule has 0 unspecified atom stereocenters. The van der Waals surface area contributed by atoms with Gasteiger partial charge in [-0.05, 0) is 54.8 Å². The van der Waals surface area contributed by atoms with Gasteiger partial charge in [0.1, 0.15) is 17.4 Å². The molecule has 0 atom stereocenters. The maximum atomic E-state index is 12.5. The Morgan fingerprint density at radius 2 is 1.84 bits per heavy atom. The Morgan fingerprint density at radius 1 is 1.11 bits per heavy atom. The normalized spacial score (nSPS) is 11.5. The van der Waals surface area contributed by atoms with Gasteiger partial charge in [-0.3, -0.25) is 10.1 Å². The molecule has 2 aromatic carbocycles. The minimum absolute atomic E-state index is 0.0329. The zero-order valence-corrected chi connectivity index (χ0v) is 22.4. The fourth-order valence-corrected chi connectivity index (χ4v) is 4.51. The van der Waals surface area contributed by atoms with Crippen LogP contribution in [0.3, 0.4) is 0 Å². The molecule has 12 heteroatoms. The van der Waals surface area contributed by atoms with Gasteiger partial charge in [-0.25, -0.2) is 8.42 Å². The van der Waals surface area contributed by atoms with Crippen LogP contribution in [0.2, 0.25) is 0 Å². The number of sulfone groups is 1. The van der Waals surface area contributed by atoms with Crippen molar-refractivity contribution in [2.45, 2.75) is 25.4 Å². The summed E-state index contributed by atoms with van der Waals surface area (Å²) in [5, 5.41) is 11.4. The molecule has 0 bridgehead atoms. The van der Waals surface area contributed by atoms with Gasteiger partial charge in [0.2, 0.25) is 15.0 Å². The molecule has 37 heavy (non-hydrogen) atoms. The molecule has 1 heterocycles. The Morgan fingerprint density at radius 3 is 2.49 bits per heavy atom. The van der Waals surface area contributed by atoms with E-state index < -0.39 is 20.9 Å². The van der Waals surface area contributed by atoms with E-state index in [1.807, 2.05) is 38.1 Å². The summed E-state index contributed by atoms with van der Waals surface area (Å²) < 4.78 is 43.8. The van der Waals surface area contributed by atoms with Crippen molar-refractivity contribution in [2.75, 3.05) is 31.9 Å². The molecule has 0 saturated carbocycles. The molecule has 10 nitrogen and oxygen atoms in total. The van der Waals surface area contributed by atoms with Crippen LogP contribution in [-0.2, 0) is 14.6 Å². The number of carbonyl (C=O) groups is 1. The first-order chi connectivity index (χ1) is 17.6. The van der Waals surface area contributed by atoms with Crippen LogP contribution in [0, 0.1) is 25.2 Å². The van der Waals surface area contributed by atoms with Crippen molar-refractivity contribution in [3.63, 3.8) is 0 Å². The molecule has 0 saturated heterocycles. The summed E-state index contributed by atoms with van der Waals surface area (Å²) in [6.07, 6.45) is 2.99. The standard InChI is InChI=1S/C25H26N4O6S2/c1-16-6-7-17(2)21(12-16)35-11-5-10-34-20-9-8-18(14-22(20)33-3)13-19(15-26)23(30)27-24-28-25(29-36-24)37(4,31)32/h6-9,12-14H,5,10-11H2,1-4H3,(H,27,28,29,30)/b19-13-. The summed E-state index contributed by atoms with van der Waals surface area (Å²) in [6.45, 7) is 4.91. The Kier molecular flexibility index (Phi) is 9.21. The summed E-state index contributed by atoms with van der Waals surface area (Å²) in [7, 11) is -2.11. The second-order valence-corrected chi connectivity index (χ2v) is 10.7. The van der Waals surface area contributed by atoms with Gasteiger partial charge in [-0.1, -0.05) is 18.2 Å². The van der Waals surface area contributed by atoms with E-state index >= 15 is 0 Å². The zero-order valence-electron chi connectivity index (χ0n) is 20.8. The molecule has 0 fully saturated rings. The Hall–Kier alpha value is -3.95. The topological polar surface area (TPSA) is 140 Å². The van der Waals surface area contributed by atoms with Gasteiger partial charge >= 0.3 is 0 Å². The lowest BCUT2D eigenvalue weighted by atomic mass is 10.1. The van der Waals surface area contributed by atoms with E-state index in [-0.39, 0.29) is 10.7 Å². The molecule has 0 aliphatic rings. The predicted octanol–water partition coefficient (Wildman–Crippen LogP) is 3.96. The molecule has 1 N–H and O–H groups in total. The van der Waals surface area contributed by atoms with Gasteiger partial charge in [0.25, 0.3) is 11.1 Å². The number of amides is 1. The largest absolute Gasteiger partial charge is 0.493 e. The van der Waals surface area contributed by atoms with Crippen LogP contribution in [0.1, 0.15) is 23.1 Å². The van der Waals surface area contributed by atoms with Crippen LogP contribution < -0.4 is 19.5 Å². The third kappa shape index (κ3) is 7.77. The molecule has 0 spiro atoms. The molecular weight excluding hydrogens is 516 g/mol. The molecule has 0 radical (unpaired) electrons. The number of aromatic nitrogens is 2. The van der Waals surface area contributed by atoms with E-state index in [0.29, 0.717) is 48.2 Å². The first kappa shape index (κ1) is 27.6. The van der Waals surface area contributed by atoms with E-state index in [1.54, 1.807) is 18.2 Å². The smallest absolute Gasteiger partial charge is 0.268 e. The van der Waals surface area contributed by atoms with Crippen LogP contribution in [0.25, 0.3) is 6.08 Å². The van der Waals surface area contributed by atoms with Crippen molar-refractivity contribution in [2.24, 2.45) is 0 Å². The number of hydrogen-bond donors (Lipinski definition) is 1. The monoisotopic (exact) mass is 542 g/mol. The van der Waals surface area contributed by atoms with E-state index in [9.17, 15) is 18.5 Å². The van der Waals surface area contributed by atoms with Crippen molar-refractivity contribution in [1.82, 2.24) is 9.36 Å². The first-order valence-corrected chi connectivity index (χ1v) is 13.7. The van der Waals surface area contributed by atoms with Crippen LogP contribution in [0.5, 0.6) is 17.2 Å². The van der Waals surface area contributed by atoms with Gasteiger partial charge in [0, 0.05) is 24.2 Å². The predicted molar refractivity (Wildman–Crippen MR) is 140 cm³/mol. The fraction of sp³-hybridized carbons (Fsp3) is 0.280. The number of ether oxygens (including phenoxy) is 3. The van der Waals surface area contributed by atoms with E-state index in [0.717, 1.165) is 23.1 Å². The van der Waals surface area contributed by atoms with Gasteiger partial charge in [-0.2, -0.15) is 14.6 Å². The minimum Gasteiger partial charge on any atom is -0.493 e. The van der Waals surface area contributed by atoms with E-state index in [1.165, 1.54) is 13.2 Å². The summed E-state index contributed by atoms with van der Waals surface area (Å²) >= 11 is 0.704. The summed E-state index contributed by atoms with van der Waals surface area (Å²) in [5.41, 5.74) is 2.52. The number of aryl methyl sites for hydroxylation is 2.